The minimum absolute atomic E-state index is 0.0373. The first-order chi connectivity index (χ1) is 12.3. The number of carbonyl (C=O) groups is 2. The van der Waals surface area contributed by atoms with E-state index in [2.05, 4.69) is 15.3 Å². The van der Waals surface area contributed by atoms with E-state index < -0.39 is 6.17 Å². The summed E-state index contributed by atoms with van der Waals surface area (Å²) in [5.41, 5.74) is 1.45. The predicted molar refractivity (Wildman–Crippen MR) is 91.4 cm³/mol. The number of hydrogen-bond acceptors (Lipinski definition) is 5. The molecule has 0 bridgehead atoms. The normalized spacial score (nSPS) is 19.6. The summed E-state index contributed by atoms with van der Waals surface area (Å²) in [7, 11) is 3.25. The first-order valence-corrected chi connectivity index (χ1v) is 8.34. The third-order valence-corrected chi connectivity index (χ3v) is 4.34. The lowest BCUT2D eigenvalue weighted by molar-refractivity contribution is 0.0713. The van der Waals surface area contributed by atoms with E-state index in [0.717, 1.165) is 5.69 Å². The van der Waals surface area contributed by atoms with Gasteiger partial charge in [-0.1, -0.05) is 5.21 Å². The third kappa shape index (κ3) is 3.71. The van der Waals surface area contributed by atoms with Gasteiger partial charge in [-0.15, -0.1) is 5.10 Å². The van der Waals surface area contributed by atoms with Crippen LogP contribution in [0.25, 0.3) is 0 Å². The van der Waals surface area contributed by atoms with Crippen molar-refractivity contribution in [3.8, 4) is 0 Å². The van der Waals surface area contributed by atoms with Gasteiger partial charge in [-0.2, -0.15) is 0 Å². The molecule has 1 aliphatic heterocycles. The minimum atomic E-state index is -1.09. The molecule has 0 unspecified atom stereocenters. The number of rotatable bonds is 4. The lowest BCUT2D eigenvalue weighted by Gasteiger charge is -2.24. The second-order valence-corrected chi connectivity index (χ2v) is 6.66. The Bertz CT molecular complexity index is 804. The van der Waals surface area contributed by atoms with E-state index in [9.17, 15) is 14.0 Å². The number of pyridine rings is 1. The Labute approximate surface area is 150 Å². The van der Waals surface area contributed by atoms with Gasteiger partial charge in [0, 0.05) is 32.4 Å². The number of aryl methyl sites for hydroxylation is 1. The number of likely N-dealkylation sites (tertiary alicyclic amines) is 1. The molecule has 3 heterocycles. The van der Waals surface area contributed by atoms with Crippen LogP contribution in [0.15, 0.2) is 24.5 Å². The Morgan fingerprint density at radius 3 is 2.77 bits per heavy atom. The molecule has 26 heavy (non-hydrogen) atoms. The molecule has 8 nitrogen and oxygen atoms in total. The summed E-state index contributed by atoms with van der Waals surface area (Å²) in [6, 6.07) is 3.08. The molecule has 0 spiro atoms. The Kier molecular flexibility index (Phi) is 4.97. The van der Waals surface area contributed by atoms with Crippen LogP contribution in [0.3, 0.4) is 0 Å². The number of aromatic nitrogens is 4. The van der Waals surface area contributed by atoms with E-state index in [1.165, 1.54) is 26.9 Å². The van der Waals surface area contributed by atoms with Crippen LogP contribution >= 0.6 is 0 Å². The summed E-state index contributed by atoms with van der Waals surface area (Å²) in [6.45, 7) is 2.15. The van der Waals surface area contributed by atoms with Crippen LogP contribution < -0.4 is 0 Å². The lowest BCUT2D eigenvalue weighted by Crippen LogP contribution is -2.38. The van der Waals surface area contributed by atoms with E-state index in [1.807, 2.05) is 6.92 Å². The highest BCUT2D eigenvalue weighted by atomic mass is 19.1. The number of nitrogens with zero attached hydrogens (tertiary/aromatic N) is 6. The third-order valence-electron chi connectivity index (χ3n) is 4.34. The zero-order chi connectivity index (χ0) is 18.8. The van der Waals surface area contributed by atoms with E-state index >= 15 is 0 Å². The minimum Gasteiger partial charge on any atom is -0.343 e. The van der Waals surface area contributed by atoms with E-state index in [0.29, 0.717) is 5.56 Å². The molecule has 2 amide bonds. The first-order valence-electron chi connectivity index (χ1n) is 8.34. The second-order valence-electron chi connectivity index (χ2n) is 6.66. The molecule has 0 radical (unpaired) electrons. The number of carbonyl (C=O) groups excluding carboxylic acids is 2. The van der Waals surface area contributed by atoms with Gasteiger partial charge in [0.05, 0.1) is 30.9 Å². The predicted octanol–water partition coefficient (Wildman–Crippen LogP) is 0.936. The van der Waals surface area contributed by atoms with Crippen LogP contribution in [0.5, 0.6) is 0 Å². The van der Waals surface area contributed by atoms with Gasteiger partial charge in [-0.25, -0.2) is 9.07 Å². The van der Waals surface area contributed by atoms with Crippen LogP contribution in [0, 0.1) is 6.92 Å². The van der Waals surface area contributed by atoms with Crippen LogP contribution in [0.4, 0.5) is 4.39 Å². The molecule has 0 N–H and O–H groups in total. The van der Waals surface area contributed by atoms with Gasteiger partial charge in [-0.3, -0.25) is 14.6 Å². The van der Waals surface area contributed by atoms with Crippen LogP contribution in [0.2, 0.25) is 0 Å². The number of halogens is 1. The summed E-state index contributed by atoms with van der Waals surface area (Å²) in [5.74, 6) is -0.517. The molecule has 0 aliphatic carbocycles. The highest BCUT2D eigenvalue weighted by molar-refractivity contribution is 5.94. The van der Waals surface area contributed by atoms with Crippen LogP contribution in [-0.4, -0.2) is 74.4 Å². The number of amides is 2. The molecule has 0 saturated carbocycles. The Balaban J connectivity index is 1.75. The van der Waals surface area contributed by atoms with Crippen molar-refractivity contribution in [1.82, 2.24) is 29.8 Å². The summed E-state index contributed by atoms with van der Waals surface area (Å²) >= 11 is 0. The fourth-order valence-electron chi connectivity index (χ4n) is 2.97. The van der Waals surface area contributed by atoms with Crippen molar-refractivity contribution in [1.29, 1.82) is 0 Å². The van der Waals surface area contributed by atoms with Crippen molar-refractivity contribution in [3.63, 3.8) is 0 Å². The largest absolute Gasteiger partial charge is 0.343 e. The topological polar surface area (TPSA) is 84.2 Å². The average molecular weight is 360 g/mol. The SMILES string of the molecule is Cc1ccc(C(=O)N2C[C@@H](F)C[C@H]2Cn2cc(C(=O)N(C)C)nn2)cn1. The number of alkyl halides is 1. The van der Waals surface area contributed by atoms with Crippen molar-refractivity contribution in [2.24, 2.45) is 0 Å². The molecule has 0 aromatic carbocycles. The monoisotopic (exact) mass is 360 g/mol. The Hall–Kier alpha value is -2.84. The van der Waals surface area contributed by atoms with E-state index in [4.69, 9.17) is 0 Å². The maximum Gasteiger partial charge on any atom is 0.275 e. The van der Waals surface area contributed by atoms with Crippen molar-refractivity contribution in [2.45, 2.75) is 32.1 Å². The zero-order valence-corrected chi connectivity index (χ0v) is 15.0. The molecular formula is C17H21FN6O2. The van der Waals surface area contributed by atoms with E-state index in [-0.39, 0.29) is 43.1 Å². The molecule has 2 aromatic rings. The highest BCUT2D eigenvalue weighted by Crippen LogP contribution is 2.24. The standard InChI is InChI=1S/C17H21FN6O2/c1-11-4-5-12(7-19-11)16(25)24-8-13(18)6-14(24)9-23-10-15(20-21-23)17(26)22(2)3/h4-5,7,10,13-14H,6,8-9H2,1-3H3/t13-,14-/m0/s1. The maximum absolute atomic E-state index is 14.0. The van der Waals surface area contributed by atoms with Crippen molar-refractivity contribution >= 4 is 11.8 Å². The van der Waals surface area contributed by atoms with Gasteiger partial charge in [0.25, 0.3) is 11.8 Å². The van der Waals surface area contributed by atoms with Crippen LogP contribution in [-0.2, 0) is 6.54 Å². The molecule has 3 rings (SSSR count). The zero-order valence-electron chi connectivity index (χ0n) is 15.0. The molecule has 1 fully saturated rings. The molecule has 9 heteroatoms. The average Bonchev–Trinajstić information content (AvgIpc) is 3.21. The summed E-state index contributed by atoms with van der Waals surface area (Å²) in [6.07, 6.45) is 2.16. The molecule has 2 atom stereocenters. The fourth-order valence-corrected chi connectivity index (χ4v) is 2.97. The van der Waals surface area contributed by atoms with Gasteiger partial charge in [0.1, 0.15) is 6.17 Å². The van der Waals surface area contributed by atoms with Gasteiger partial charge >= 0.3 is 0 Å². The summed E-state index contributed by atoms with van der Waals surface area (Å²) in [5, 5.41) is 7.78. The maximum atomic E-state index is 14.0. The highest BCUT2D eigenvalue weighted by Gasteiger charge is 2.36. The van der Waals surface area contributed by atoms with Gasteiger partial charge in [0.15, 0.2) is 5.69 Å². The number of hydrogen-bond donors (Lipinski definition) is 0. The molecule has 2 aromatic heterocycles. The molecule has 138 valence electrons. The van der Waals surface area contributed by atoms with Crippen molar-refractivity contribution in [2.75, 3.05) is 20.6 Å². The Morgan fingerprint density at radius 2 is 2.12 bits per heavy atom. The Morgan fingerprint density at radius 1 is 1.35 bits per heavy atom. The van der Waals surface area contributed by atoms with Crippen LogP contribution in [0.1, 0.15) is 33.0 Å². The molecule has 1 aliphatic rings. The second kappa shape index (κ2) is 7.19. The fraction of sp³-hybridized carbons (Fsp3) is 0.471. The van der Waals surface area contributed by atoms with Gasteiger partial charge < -0.3 is 9.80 Å². The first kappa shape index (κ1) is 18.0. The summed E-state index contributed by atoms with van der Waals surface area (Å²) < 4.78 is 15.5. The van der Waals surface area contributed by atoms with Gasteiger partial charge in [0.2, 0.25) is 0 Å². The van der Waals surface area contributed by atoms with Gasteiger partial charge in [-0.05, 0) is 19.1 Å². The summed E-state index contributed by atoms with van der Waals surface area (Å²) in [4.78, 5) is 31.7. The smallest absolute Gasteiger partial charge is 0.275 e. The lowest BCUT2D eigenvalue weighted by atomic mass is 10.2. The molecule has 1 saturated heterocycles. The molecular weight excluding hydrogens is 339 g/mol. The van der Waals surface area contributed by atoms with Crippen molar-refractivity contribution < 1.29 is 14.0 Å². The van der Waals surface area contributed by atoms with E-state index in [1.54, 1.807) is 26.2 Å². The van der Waals surface area contributed by atoms with Crippen molar-refractivity contribution in [3.05, 3.63) is 41.5 Å². The quantitative estimate of drug-likeness (QED) is 0.810.